The Balaban J connectivity index is 2.55. The predicted molar refractivity (Wildman–Crippen MR) is 106 cm³/mol. The van der Waals surface area contributed by atoms with Gasteiger partial charge in [0.15, 0.2) is 0 Å². The highest BCUT2D eigenvalue weighted by Crippen LogP contribution is 2.15. The molecule has 0 saturated carbocycles. The second-order valence-electron chi connectivity index (χ2n) is 7.28. The second-order valence-corrected chi connectivity index (χ2v) is 7.28. The number of amides is 1. The quantitative estimate of drug-likeness (QED) is 0.340. The molecule has 29 heavy (non-hydrogen) atoms. The van der Waals surface area contributed by atoms with E-state index in [0.717, 1.165) is 4.90 Å². The Bertz CT molecular complexity index is 732. The Morgan fingerprint density at radius 3 is 2.10 bits per heavy atom. The van der Waals surface area contributed by atoms with Crippen LogP contribution in [0, 0.1) is 5.92 Å². The van der Waals surface area contributed by atoms with Gasteiger partial charge in [-0.15, -0.1) is 0 Å². The molecule has 1 amide bonds. The number of benzene rings is 1. The molecule has 4 N–H and O–H groups in total. The molecule has 0 bridgehead atoms. The van der Waals surface area contributed by atoms with E-state index in [-0.39, 0.29) is 24.8 Å². The molecule has 9 heteroatoms. The van der Waals surface area contributed by atoms with E-state index < -0.39 is 30.0 Å². The maximum absolute atomic E-state index is 11.9. The first-order valence-corrected chi connectivity index (χ1v) is 9.27. The Labute approximate surface area is 170 Å². The first kappa shape index (κ1) is 24.3. The summed E-state index contributed by atoms with van der Waals surface area (Å²) >= 11 is 0. The van der Waals surface area contributed by atoms with Crippen molar-refractivity contribution >= 4 is 23.8 Å². The fourth-order valence-corrected chi connectivity index (χ4v) is 2.35. The van der Waals surface area contributed by atoms with Crippen molar-refractivity contribution in [3.63, 3.8) is 0 Å². The number of esters is 3. The van der Waals surface area contributed by atoms with Crippen molar-refractivity contribution in [3.05, 3.63) is 29.8 Å². The number of hydrogen-bond acceptors (Lipinski definition) is 8. The van der Waals surface area contributed by atoms with Crippen LogP contribution in [0.1, 0.15) is 32.8 Å². The van der Waals surface area contributed by atoms with E-state index in [9.17, 15) is 19.2 Å². The van der Waals surface area contributed by atoms with Crippen LogP contribution >= 0.6 is 0 Å². The number of likely N-dealkylation sites (N-methyl/N-ethyl adjacent to an activating group) is 1. The van der Waals surface area contributed by atoms with E-state index >= 15 is 0 Å². The van der Waals surface area contributed by atoms with Gasteiger partial charge >= 0.3 is 17.9 Å². The number of nitrogens with two attached hydrogens (primary N) is 2. The van der Waals surface area contributed by atoms with Gasteiger partial charge in [0.1, 0.15) is 24.4 Å². The van der Waals surface area contributed by atoms with Crippen LogP contribution in [0.25, 0.3) is 0 Å². The van der Waals surface area contributed by atoms with Crippen LogP contribution in [0.4, 0.5) is 0 Å². The van der Waals surface area contributed by atoms with Gasteiger partial charge in [0.2, 0.25) is 5.91 Å². The Morgan fingerprint density at radius 1 is 1.00 bits per heavy atom. The summed E-state index contributed by atoms with van der Waals surface area (Å²) in [4.78, 5) is 47.7. The molecule has 0 heterocycles. The highest BCUT2D eigenvalue weighted by Gasteiger charge is 2.21. The molecular formula is C20H29N3O6. The highest BCUT2D eigenvalue weighted by molar-refractivity contribution is 5.90. The molecule has 160 valence electrons. The van der Waals surface area contributed by atoms with E-state index in [1.165, 1.54) is 14.0 Å². The molecule has 0 fully saturated rings. The van der Waals surface area contributed by atoms with Crippen LogP contribution < -0.4 is 16.2 Å². The summed E-state index contributed by atoms with van der Waals surface area (Å²) in [6, 6.07) is 4.68. The summed E-state index contributed by atoms with van der Waals surface area (Å²) in [6.07, 6.45) is 0.643. The molecule has 0 aliphatic heterocycles. The minimum Gasteiger partial charge on any atom is -0.425 e. The van der Waals surface area contributed by atoms with Gasteiger partial charge in [-0.2, -0.15) is 0 Å². The third kappa shape index (κ3) is 8.84. The van der Waals surface area contributed by atoms with Crippen molar-refractivity contribution in [2.75, 3.05) is 13.6 Å². The molecule has 0 radical (unpaired) electrons. The monoisotopic (exact) mass is 407 g/mol. The lowest BCUT2D eigenvalue weighted by Gasteiger charge is -2.15. The summed E-state index contributed by atoms with van der Waals surface area (Å²) in [5, 5.41) is 0. The second kappa shape index (κ2) is 11.3. The number of rotatable bonds is 9. The van der Waals surface area contributed by atoms with Gasteiger partial charge in [-0.05, 0) is 36.5 Å². The van der Waals surface area contributed by atoms with Crippen LogP contribution in [-0.4, -0.2) is 54.4 Å². The van der Waals surface area contributed by atoms with Crippen molar-refractivity contribution in [2.24, 2.45) is 17.4 Å². The van der Waals surface area contributed by atoms with Gasteiger partial charge in [-0.1, -0.05) is 26.0 Å². The summed E-state index contributed by atoms with van der Waals surface area (Å²) < 4.78 is 9.89. The molecule has 1 aromatic rings. The molecule has 2 atom stereocenters. The van der Waals surface area contributed by atoms with E-state index in [4.69, 9.17) is 16.2 Å². The van der Waals surface area contributed by atoms with Gasteiger partial charge in [0, 0.05) is 14.0 Å². The molecule has 0 saturated heterocycles. The van der Waals surface area contributed by atoms with Crippen molar-refractivity contribution < 1.29 is 28.7 Å². The molecule has 1 aromatic carbocycles. The highest BCUT2D eigenvalue weighted by atomic mass is 16.6. The Kier molecular flexibility index (Phi) is 9.43. The topological polar surface area (TPSA) is 142 Å². The van der Waals surface area contributed by atoms with Crippen LogP contribution in [0.3, 0.4) is 0 Å². The molecule has 0 spiro atoms. The van der Waals surface area contributed by atoms with Gasteiger partial charge in [-0.3, -0.25) is 4.79 Å². The van der Waals surface area contributed by atoms with Crippen LogP contribution in [0.2, 0.25) is 0 Å². The number of carbonyl (C=O) groups excluding carboxylic acids is 4. The summed E-state index contributed by atoms with van der Waals surface area (Å²) in [6.45, 7) is 4.88. The minimum atomic E-state index is -1.06. The fraction of sp³-hybridized carbons (Fsp3) is 0.500. The lowest BCUT2D eigenvalue weighted by Crippen LogP contribution is -2.38. The van der Waals surface area contributed by atoms with Gasteiger partial charge in [-0.25, -0.2) is 14.4 Å². The zero-order valence-electron chi connectivity index (χ0n) is 17.2. The predicted octanol–water partition coefficient (Wildman–Crippen LogP) is 0.383. The minimum absolute atomic E-state index is 0.121. The first-order chi connectivity index (χ1) is 13.5. The zero-order valence-corrected chi connectivity index (χ0v) is 17.2. The molecule has 1 rings (SSSR count). The third-order valence-electron chi connectivity index (χ3n) is 4.05. The SMILES string of the molecule is CC(=O)N(C)CC(=O)OC(=O)[C@@H](N)Cc1ccc(OC(=O)[C@@H](N)CC(C)C)cc1. The average molecular weight is 407 g/mol. The summed E-state index contributed by atoms with van der Waals surface area (Å²) in [5.41, 5.74) is 12.3. The van der Waals surface area contributed by atoms with Gasteiger partial charge in [0.05, 0.1) is 0 Å². The van der Waals surface area contributed by atoms with E-state index in [1.807, 2.05) is 13.8 Å². The molecule has 0 aliphatic carbocycles. The van der Waals surface area contributed by atoms with Crippen LogP contribution in [-0.2, 0) is 30.3 Å². The number of carbonyl (C=O) groups is 4. The average Bonchev–Trinajstić information content (AvgIpc) is 2.62. The number of ether oxygens (including phenoxy) is 2. The van der Waals surface area contributed by atoms with E-state index in [2.05, 4.69) is 4.74 Å². The molecule has 9 nitrogen and oxygen atoms in total. The molecule has 0 aliphatic rings. The van der Waals surface area contributed by atoms with Gasteiger partial charge < -0.3 is 25.8 Å². The molecular weight excluding hydrogens is 378 g/mol. The largest absolute Gasteiger partial charge is 0.425 e. The smallest absolute Gasteiger partial charge is 0.333 e. The van der Waals surface area contributed by atoms with Crippen LogP contribution in [0.15, 0.2) is 24.3 Å². The standard InChI is InChI=1S/C20H29N3O6/c1-12(2)9-16(21)19(26)28-15-7-5-14(6-8-15)10-17(22)20(27)29-18(25)11-23(4)13(3)24/h5-8,12,16-17H,9-11,21-22H2,1-4H3/t16-,17-/m0/s1. The zero-order chi connectivity index (χ0) is 22.1. The number of hydrogen-bond donors (Lipinski definition) is 2. The van der Waals surface area contributed by atoms with Crippen molar-refractivity contribution in [1.29, 1.82) is 0 Å². The van der Waals surface area contributed by atoms with E-state index in [0.29, 0.717) is 17.7 Å². The number of nitrogens with zero attached hydrogens (tertiary/aromatic N) is 1. The summed E-state index contributed by atoms with van der Waals surface area (Å²) in [5.74, 6) is -1.98. The lowest BCUT2D eigenvalue weighted by atomic mass is 10.0. The van der Waals surface area contributed by atoms with Crippen molar-refractivity contribution in [2.45, 2.75) is 45.7 Å². The van der Waals surface area contributed by atoms with Crippen molar-refractivity contribution in [3.8, 4) is 5.75 Å². The normalized spacial score (nSPS) is 12.8. The van der Waals surface area contributed by atoms with Crippen molar-refractivity contribution in [1.82, 2.24) is 4.90 Å². The maximum atomic E-state index is 11.9. The molecule has 0 aromatic heterocycles. The maximum Gasteiger partial charge on any atom is 0.333 e. The third-order valence-corrected chi connectivity index (χ3v) is 4.05. The summed E-state index contributed by atoms with van der Waals surface area (Å²) in [7, 11) is 1.41. The Hall–Kier alpha value is -2.78. The fourth-order valence-electron chi connectivity index (χ4n) is 2.35. The first-order valence-electron chi connectivity index (χ1n) is 9.27. The van der Waals surface area contributed by atoms with E-state index in [1.54, 1.807) is 24.3 Å². The molecule has 0 unspecified atom stereocenters. The van der Waals surface area contributed by atoms with Gasteiger partial charge in [0.25, 0.3) is 0 Å². The Morgan fingerprint density at radius 2 is 1.59 bits per heavy atom. The lowest BCUT2D eigenvalue weighted by molar-refractivity contribution is -0.162. The van der Waals surface area contributed by atoms with Crippen LogP contribution in [0.5, 0.6) is 5.75 Å².